The van der Waals surface area contributed by atoms with Crippen molar-refractivity contribution >= 4 is 5.57 Å². The predicted molar refractivity (Wildman–Crippen MR) is 92.4 cm³/mol. The fourth-order valence-corrected chi connectivity index (χ4v) is 2.48. The number of nitrogens with zero attached hydrogens (tertiary/aromatic N) is 2. The Hall–Kier alpha value is -2.29. The number of hydrogen-bond donors (Lipinski definition) is 1. The first-order valence-corrected chi connectivity index (χ1v) is 7.77. The van der Waals surface area contributed by atoms with E-state index in [9.17, 15) is 5.11 Å². The van der Waals surface area contributed by atoms with E-state index in [2.05, 4.69) is 31.8 Å². The highest BCUT2D eigenvalue weighted by Gasteiger charge is 2.11. The summed E-state index contributed by atoms with van der Waals surface area (Å²) in [6, 6.07) is 5.83. The van der Waals surface area contributed by atoms with Gasteiger partial charge >= 0.3 is 0 Å². The van der Waals surface area contributed by atoms with E-state index in [1.807, 2.05) is 48.0 Å². The first-order valence-electron chi connectivity index (χ1n) is 7.77. The summed E-state index contributed by atoms with van der Waals surface area (Å²) in [7, 11) is 0. The molecule has 1 aromatic heterocycles. The molecule has 0 aliphatic heterocycles. The largest absolute Gasteiger partial charge is 0.508 e. The molecule has 0 aliphatic carbocycles. The summed E-state index contributed by atoms with van der Waals surface area (Å²) >= 11 is 0. The van der Waals surface area contributed by atoms with Gasteiger partial charge in [-0.1, -0.05) is 45.1 Å². The molecule has 0 saturated heterocycles. The lowest BCUT2D eigenvalue weighted by atomic mass is 10.0. The highest BCUT2D eigenvalue weighted by atomic mass is 16.3. The van der Waals surface area contributed by atoms with Gasteiger partial charge in [0.05, 0.1) is 5.69 Å². The summed E-state index contributed by atoms with van der Waals surface area (Å²) in [4.78, 5) is 4.48. The summed E-state index contributed by atoms with van der Waals surface area (Å²) in [6.45, 7) is 8.27. The van der Waals surface area contributed by atoms with Crippen LogP contribution < -0.4 is 0 Å². The van der Waals surface area contributed by atoms with Crippen molar-refractivity contribution in [2.45, 2.75) is 40.0 Å². The monoisotopic (exact) mass is 296 g/mol. The average Bonchev–Trinajstić information content (AvgIpc) is 2.97. The predicted octanol–water partition coefficient (Wildman–Crippen LogP) is 5.07. The van der Waals surface area contributed by atoms with E-state index in [4.69, 9.17) is 0 Å². The van der Waals surface area contributed by atoms with Crippen LogP contribution in [-0.2, 0) is 0 Å². The van der Waals surface area contributed by atoms with Crippen molar-refractivity contribution in [3.05, 3.63) is 60.2 Å². The van der Waals surface area contributed by atoms with E-state index in [1.165, 1.54) is 0 Å². The average molecular weight is 296 g/mol. The maximum absolute atomic E-state index is 10.2. The molecule has 0 bridgehead atoms. The summed E-state index contributed by atoms with van der Waals surface area (Å²) in [6.07, 6.45) is 10.7. The van der Waals surface area contributed by atoms with Crippen molar-refractivity contribution in [1.82, 2.24) is 9.55 Å². The van der Waals surface area contributed by atoms with Crippen molar-refractivity contribution in [2.75, 3.05) is 0 Å². The fourth-order valence-electron chi connectivity index (χ4n) is 2.48. The molecule has 2 aromatic rings. The maximum atomic E-state index is 10.2. The number of aromatic nitrogens is 2. The lowest BCUT2D eigenvalue weighted by molar-refractivity contribution is 0.464. The van der Waals surface area contributed by atoms with Crippen molar-refractivity contribution in [1.29, 1.82) is 0 Å². The summed E-state index contributed by atoms with van der Waals surface area (Å²) < 4.78 is 2.02. The van der Waals surface area contributed by atoms with E-state index in [1.54, 1.807) is 6.20 Å². The van der Waals surface area contributed by atoms with Gasteiger partial charge in [-0.3, -0.25) is 4.57 Å². The Morgan fingerprint density at radius 1 is 1.36 bits per heavy atom. The minimum Gasteiger partial charge on any atom is -0.508 e. The first kappa shape index (κ1) is 16.1. The van der Waals surface area contributed by atoms with Gasteiger partial charge in [0.1, 0.15) is 11.6 Å². The quantitative estimate of drug-likeness (QED) is 0.782. The molecule has 0 amide bonds. The van der Waals surface area contributed by atoms with Gasteiger partial charge in [-0.05, 0) is 36.5 Å². The lowest BCUT2D eigenvalue weighted by Gasteiger charge is -2.13. The zero-order valence-electron chi connectivity index (χ0n) is 13.7. The highest BCUT2D eigenvalue weighted by molar-refractivity contribution is 5.64. The molecule has 3 heteroatoms. The Morgan fingerprint density at radius 2 is 2.14 bits per heavy atom. The summed E-state index contributed by atoms with van der Waals surface area (Å²) in [5.41, 5.74) is 3.05. The molecule has 1 aromatic carbocycles. The second kappa shape index (κ2) is 7.12. The van der Waals surface area contributed by atoms with E-state index in [-0.39, 0.29) is 0 Å². The third-order valence-corrected chi connectivity index (χ3v) is 3.71. The van der Waals surface area contributed by atoms with Gasteiger partial charge in [0.15, 0.2) is 0 Å². The molecule has 0 saturated carbocycles. The van der Waals surface area contributed by atoms with Gasteiger partial charge < -0.3 is 5.11 Å². The number of phenolic OH excluding ortho intramolecular Hbond substituents is 1. The number of phenols is 1. The van der Waals surface area contributed by atoms with Gasteiger partial charge in [-0.2, -0.15) is 0 Å². The number of benzene rings is 1. The number of hydrogen-bond acceptors (Lipinski definition) is 2. The van der Waals surface area contributed by atoms with Crippen LogP contribution in [0, 0.1) is 0 Å². The maximum Gasteiger partial charge on any atom is 0.140 e. The lowest BCUT2D eigenvalue weighted by Crippen LogP contribution is -2.00. The third-order valence-electron chi connectivity index (χ3n) is 3.71. The van der Waals surface area contributed by atoms with Crippen LogP contribution in [0.4, 0.5) is 0 Å². The van der Waals surface area contributed by atoms with Crippen LogP contribution >= 0.6 is 0 Å². The molecule has 0 fully saturated rings. The Kier molecular flexibility index (Phi) is 5.21. The van der Waals surface area contributed by atoms with E-state index < -0.39 is 0 Å². The number of imidazole rings is 1. The van der Waals surface area contributed by atoms with E-state index in [0.717, 1.165) is 29.1 Å². The fraction of sp³-hybridized carbons (Fsp3) is 0.316. The standard InChI is InChI=1S/C19H24N2O/c1-5-7-8-15(6-2)19-20-11-12-21(19)16-9-10-17(14(3)4)18(22)13-16/h5,7-14,22H,6H2,1-4H3/b7-5-,15-8+. The molecule has 0 atom stereocenters. The van der Waals surface area contributed by atoms with Gasteiger partial charge in [0.25, 0.3) is 0 Å². The van der Waals surface area contributed by atoms with Crippen LogP contribution in [0.15, 0.2) is 48.8 Å². The molecular weight excluding hydrogens is 272 g/mol. The van der Waals surface area contributed by atoms with Crippen molar-refractivity contribution < 1.29 is 5.11 Å². The molecular formula is C19H24N2O. The second-order valence-electron chi connectivity index (χ2n) is 5.59. The number of aromatic hydroxyl groups is 1. The van der Waals surface area contributed by atoms with Crippen LogP contribution in [0.5, 0.6) is 5.75 Å². The summed E-state index contributed by atoms with van der Waals surface area (Å²) in [5.74, 6) is 1.55. The van der Waals surface area contributed by atoms with Gasteiger partial charge in [-0.15, -0.1) is 0 Å². The van der Waals surface area contributed by atoms with Crippen LogP contribution in [0.2, 0.25) is 0 Å². The van der Waals surface area contributed by atoms with Crippen molar-refractivity contribution in [3.63, 3.8) is 0 Å². The van der Waals surface area contributed by atoms with Gasteiger partial charge in [0.2, 0.25) is 0 Å². The molecule has 0 spiro atoms. The number of allylic oxidation sites excluding steroid dienone is 4. The summed E-state index contributed by atoms with van der Waals surface area (Å²) in [5, 5.41) is 10.2. The Bertz CT molecular complexity index is 693. The van der Waals surface area contributed by atoms with E-state index >= 15 is 0 Å². The topological polar surface area (TPSA) is 38.0 Å². The molecule has 3 nitrogen and oxygen atoms in total. The van der Waals surface area contributed by atoms with Crippen molar-refractivity contribution in [2.24, 2.45) is 0 Å². The Morgan fingerprint density at radius 3 is 2.73 bits per heavy atom. The van der Waals surface area contributed by atoms with E-state index in [0.29, 0.717) is 11.7 Å². The third kappa shape index (κ3) is 3.30. The first-order chi connectivity index (χ1) is 10.6. The van der Waals surface area contributed by atoms with Crippen LogP contribution in [0.3, 0.4) is 0 Å². The molecule has 0 aliphatic rings. The molecule has 116 valence electrons. The SMILES string of the molecule is C/C=C\C=C(/CC)c1nccn1-c1ccc(C(C)C)c(O)c1. The van der Waals surface area contributed by atoms with Gasteiger partial charge in [-0.25, -0.2) is 4.98 Å². The zero-order chi connectivity index (χ0) is 16.1. The molecule has 1 N–H and O–H groups in total. The van der Waals surface area contributed by atoms with Crippen LogP contribution in [0.1, 0.15) is 51.4 Å². The Balaban J connectivity index is 2.47. The molecule has 1 heterocycles. The molecule has 0 radical (unpaired) electrons. The minimum absolute atomic E-state index is 0.303. The van der Waals surface area contributed by atoms with Crippen LogP contribution in [0.25, 0.3) is 11.3 Å². The smallest absolute Gasteiger partial charge is 0.140 e. The van der Waals surface area contributed by atoms with Crippen LogP contribution in [-0.4, -0.2) is 14.7 Å². The number of rotatable bonds is 5. The van der Waals surface area contributed by atoms with Crippen molar-refractivity contribution in [3.8, 4) is 11.4 Å². The Labute approximate surface area is 132 Å². The zero-order valence-corrected chi connectivity index (χ0v) is 13.7. The van der Waals surface area contributed by atoms with Gasteiger partial charge in [0, 0.05) is 18.5 Å². The normalized spacial score (nSPS) is 12.5. The second-order valence-corrected chi connectivity index (χ2v) is 5.59. The molecule has 22 heavy (non-hydrogen) atoms. The molecule has 2 rings (SSSR count). The minimum atomic E-state index is 0.303. The molecule has 0 unspecified atom stereocenters. The highest BCUT2D eigenvalue weighted by Crippen LogP contribution is 2.29.